The van der Waals surface area contributed by atoms with E-state index < -0.39 is 72.6 Å². The molecule has 0 aliphatic heterocycles. The first-order valence-corrected chi connectivity index (χ1v) is 11.1. The van der Waals surface area contributed by atoms with E-state index in [0.29, 0.717) is 0 Å². The summed E-state index contributed by atoms with van der Waals surface area (Å²) in [5.74, 6) is -6.68. The molecular weight excluding hydrogens is 480 g/mol. The number of carbonyl (C=O) groups excluding carboxylic acids is 4. The van der Waals surface area contributed by atoms with Crippen molar-refractivity contribution in [2.75, 3.05) is 6.54 Å². The van der Waals surface area contributed by atoms with Crippen molar-refractivity contribution in [1.82, 2.24) is 16.0 Å². The summed E-state index contributed by atoms with van der Waals surface area (Å²) in [6.45, 7) is 3.64. The van der Waals surface area contributed by atoms with E-state index in [0.717, 1.165) is 0 Å². The average molecular weight is 517 g/mol. The lowest BCUT2D eigenvalue weighted by molar-refractivity contribution is -0.147. The van der Waals surface area contributed by atoms with E-state index in [1.807, 2.05) is 0 Å². The smallest absolute Gasteiger partial charge is 0.326 e. The summed E-state index contributed by atoms with van der Waals surface area (Å²) in [5, 5.41) is 25.1. The topological polar surface area (TPSA) is 295 Å². The van der Waals surface area contributed by atoms with Gasteiger partial charge in [-0.25, -0.2) is 4.79 Å². The van der Waals surface area contributed by atoms with Gasteiger partial charge in [0.25, 0.3) is 0 Å². The molecule has 4 unspecified atom stereocenters. The molecule has 0 aliphatic rings. The minimum absolute atomic E-state index is 0.0443. The number of nitrogens with two attached hydrogens (primary N) is 4. The molecule has 0 rings (SSSR count). The highest BCUT2D eigenvalue weighted by molar-refractivity contribution is 5.95. The SMILES string of the molecule is CC(C)CC(NC(=O)C(N)CC(N)=O)C(=O)NC(CCCN=C(N)N)C(=O)NC(CC(=O)O)C(=O)O. The molecule has 13 N–H and O–H groups in total. The lowest BCUT2D eigenvalue weighted by atomic mass is 10.0. The van der Waals surface area contributed by atoms with Crippen LogP contribution in [-0.4, -0.2) is 82.5 Å². The summed E-state index contributed by atoms with van der Waals surface area (Å²) in [7, 11) is 0. The number of hydrogen-bond acceptors (Lipinski definition) is 8. The second kappa shape index (κ2) is 15.9. The molecule has 16 heteroatoms. The van der Waals surface area contributed by atoms with Crippen LogP contribution in [0.3, 0.4) is 0 Å². The Kier molecular flexibility index (Phi) is 14.1. The number of rotatable bonds is 17. The van der Waals surface area contributed by atoms with Crippen LogP contribution >= 0.6 is 0 Å². The zero-order chi connectivity index (χ0) is 28.0. The van der Waals surface area contributed by atoms with Crippen LogP contribution in [0.15, 0.2) is 4.99 Å². The van der Waals surface area contributed by atoms with Gasteiger partial charge in [0.05, 0.1) is 18.9 Å². The monoisotopic (exact) mass is 516 g/mol. The number of hydrogen-bond donors (Lipinski definition) is 9. The molecule has 36 heavy (non-hydrogen) atoms. The summed E-state index contributed by atoms with van der Waals surface area (Å²) in [6.07, 6.45) is -1.05. The number of aliphatic carboxylic acids is 2. The molecule has 0 saturated heterocycles. The van der Waals surface area contributed by atoms with Crippen LogP contribution in [0.2, 0.25) is 0 Å². The fraction of sp³-hybridized carbons (Fsp3) is 0.650. The maximum atomic E-state index is 13.0. The van der Waals surface area contributed by atoms with Gasteiger partial charge in [0.1, 0.15) is 18.1 Å². The molecule has 0 fully saturated rings. The lowest BCUT2D eigenvalue weighted by Crippen LogP contribution is -2.57. The number of aliphatic imine (C=N–C) groups is 1. The summed E-state index contributed by atoms with van der Waals surface area (Å²) in [6, 6.07) is -5.51. The van der Waals surface area contributed by atoms with E-state index in [4.69, 9.17) is 28.0 Å². The van der Waals surface area contributed by atoms with E-state index in [1.54, 1.807) is 13.8 Å². The maximum Gasteiger partial charge on any atom is 0.326 e. The van der Waals surface area contributed by atoms with E-state index in [9.17, 15) is 33.9 Å². The Morgan fingerprint density at radius 3 is 1.81 bits per heavy atom. The number of nitrogens with zero attached hydrogens (tertiary/aromatic N) is 1. The van der Waals surface area contributed by atoms with Crippen molar-refractivity contribution in [3.05, 3.63) is 0 Å². The van der Waals surface area contributed by atoms with Crippen LogP contribution in [0.4, 0.5) is 0 Å². The standard InChI is InChI=1S/C20H36N8O8/c1-9(2)6-12(27-16(32)10(21)7-14(22)29)18(34)26-11(4-3-5-25-20(23)24)17(33)28-13(19(35)36)8-15(30)31/h9-13H,3-8,21H2,1-2H3,(H2,22,29)(H,26,34)(H,27,32)(H,28,33)(H,30,31)(H,35,36)(H4,23,24,25). The first kappa shape index (κ1) is 32.0. The van der Waals surface area contributed by atoms with Crippen molar-refractivity contribution < 1.29 is 39.0 Å². The number of primary amides is 1. The number of carboxylic acids is 2. The Labute approximate surface area is 207 Å². The molecule has 0 heterocycles. The van der Waals surface area contributed by atoms with E-state index in [-0.39, 0.29) is 37.7 Å². The van der Waals surface area contributed by atoms with Crippen LogP contribution in [0.25, 0.3) is 0 Å². The van der Waals surface area contributed by atoms with Crippen LogP contribution in [-0.2, 0) is 28.8 Å². The molecule has 0 aliphatic carbocycles. The second-order valence-electron chi connectivity index (χ2n) is 8.47. The third-order valence-electron chi connectivity index (χ3n) is 4.67. The van der Waals surface area contributed by atoms with Gasteiger partial charge in [0, 0.05) is 6.54 Å². The Morgan fingerprint density at radius 2 is 1.33 bits per heavy atom. The predicted octanol–water partition coefficient (Wildman–Crippen LogP) is -3.70. The van der Waals surface area contributed by atoms with Gasteiger partial charge in [0.15, 0.2) is 5.96 Å². The van der Waals surface area contributed by atoms with Crippen LogP contribution in [0, 0.1) is 5.92 Å². The van der Waals surface area contributed by atoms with Gasteiger partial charge in [-0.1, -0.05) is 13.8 Å². The van der Waals surface area contributed by atoms with Crippen LogP contribution in [0.1, 0.15) is 46.0 Å². The largest absolute Gasteiger partial charge is 0.481 e. The third-order valence-corrected chi connectivity index (χ3v) is 4.67. The van der Waals surface area contributed by atoms with Gasteiger partial charge in [-0.15, -0.1) is 0 Å². The van der Waals surface area contributed by atoms with Crippen LogP contribution in [0.5, 0.6) is 0 Å². The summed E-state index contributed by atoms with van der Waals surface area (Å²) >= 11 is 0. The van der Waals surface area contributed by atoms with Crippen molar-refractivity contribution in [3.63, 3.8) is 0 Å². The molecule has 4 amide bonds. The van der Waals surface area contributed by atoms with Crippen LogP contribution < -0.4 is 38.9 Å². The zero-order valence-corrected chi connectivity index (χ0v) is 20.2. The molecular formula is C20H36N8O8. The minimum atomic E-state index is -1.75. The number of guanidine groups is 1. The quantitative estimate of drug-likeness (QED) is 0.0514. The summed E-state index contributed by atoms with van der Waals surface area (Å²) in [5.41, 5.74) is 21.2. The Hall–Kier alpha value is -3.95. The Bertz CT molecular complexity index is 844. The van der Waals surface area contributed by atoms with E-state index in [1.165, 1.54) is 0 Å². The average Bonchev–Trinajstić information content (AvgIpc) is 2.73. The van der Waals surface area contributed by atoms with Gasteiger partial charge < -0.3 is 49.1 Å². The molecule has 0 bridgehead atoms. The van der Waals surface area contributed by atoms with Gasteiger partial charge in [0.2, 0.25) is 23.6 Å². The molecule has 0 aromatic heterocycles. The molecule has 204 valence electrons. The fourth-order valence-electron chi connectivity index (χ4n) is 2.98. The number of amides is 4. The normalized spacial score (nSPS) is 14.0. The molecule has 0 radical (unpaired) electrons. The highest BCUT2D eigenvalue weighted by Gasteiger charge is 2.31. The molecule has 0 spiro atoms. The summed E-state index contributed by atoms with van der Waals surface area (Å²) < 4.78 is 0. The van der Waals surface area contributed by atoms with Crippen molar-refractivity contribution in [2.45, 2.75) is 70.1 Å². The van der Waals surface area contributed by atoms with Crippen molar-refractivity contribution >= 4 is 41.5 Å². The van der Waals surface area contributed by atoms with Crippen molar-refractivity contribution in [3.8, 4) is 0 Å². The van der Waals surface area contributed by atoms with Crippen molar-refractivity contribution in [2.24, 2.45) is 33.8 Å². The fourth-order valence-corrected chi connectivity index (χ4v) is 2.98. The number of carboxylic acid groups (broad SMARTS) is 2. The molecule has 0 aromatic rings. The maximum absolute atomic E-state index is 13.0. The molecule has 4 atom stereocenters. The predicted molar refractivity (Wildman–Crippen MR) is 127 cm³/mol. The van der Waals surface area contributed by atoms with Gasteiger partial charge in [-0.05, 0) is 25.2 Å². The molecule has 16 nitrogen and oxygen atoms in total. The van der Waals surface area contributed by atoms with Gasteiger partial charge in [-0.3, -0.25) is 29.0 Å². The first-order valence-electron chi connectivity index (χ1n) is 11.1. The van der Waals surface area contributed by atoms with Crippen molar-refractivity contribution in [1.29, 1.82) is 0 Å². The van der Waals surface area contributed by atoms with E-state index >= 15 is 0 Å². The van der Waals surface area contributed by atoms with E-state index in [2.05, 4.69) is 20.9 Å². The third kappa shape index (κ3) is 13.7. The Balaban J connectivity index is 5.67. The summed E-state index contributed by atoms with van der Waals surface area (Å²) in [4.78, 5) is 75.2. The van der Waals surface area contributed by atoms with Gasteiger partial charge >= 0.3 is 11.9 Å². The highest BCUT2D eigenvalue weighted by atomic mass is 16.4. The zero-order valence-electron chi connectivity index (χ0n) is 20.2. The first-order chi connectivity index (χ1) is 16.6. The minimum Gasteiger partial charge on any atom is -0.481 e. The Morgan fingerprint density at radius 1 is 0.806 bits per heavy atom. The highest BCUT2D eigenvalue weighted by Crippen LogP contribution is 2.08. The number of nitrogens with one attached hydrogen (secondary N) is 3. The molecule has 0 aromatic carbocycles. The molecule has 0 saturated carbocycles. The second-order valence-corrected chi connectivity index (χ2v) is 8.47. The van der Waals surface area contributed by atoms with Gasteiger partial charge in [-0.2, -0.15) is 0 Å². The lowest BCUT2D eigenvalue weighted by Gasteiger charge is -2.25. The number of carbonyl (C=O) groups is 6.